The van der Waals surface area contributed by atoms with Gasteiger partial charge in [0.05, 0.1) is 0 Å². The minimum Gasteiger partial charge on any atom is -0.0776 e. The Bertz CT molecular complexity index is 3.61. The number of rotatable bonds is 0. The van der Waals surface area contributed by atoms with Gasteiger partial charge in [0.25, 0.3) is 0 Å². The van der Waals surface area contributed by atoms with E-state index in [1.165, 1.54) is 6.42 Å². The molecule has 0 radical (unpaired) electrons. The summed E-state index contributed by atoms with van der Waals surface area (Å²) in [5.41, 5.74) is 0. The van der Waals surface area contributed by atoms with Crippen LogP contribution in [-0.4, -0.2) is 0 Å². The van der Waals surface area contributed by atoms with Crippen LogP contribution in [0.4, 0.5) is 0 Å². The summed E-state index contributed by atoms with van der Waals surface area (Å²) in [4.78, 5) is 0. The van der Waals surface area contributed by atoms with Crippen LogP contribution in [0.1, 0.15) is 27.7 Å². The van der Waals surface area contributed by atoms with Gasteiger partial charge in [-0.3, -0.25) is 0 Å². The predicted molar refractivity (Wildman–Crippen MR) is 22.7 cm³/mol. The van der Waals surface area contributed by atoms with E-state index >= 15 is 0 Å². The quantitative estimate of drug-likeness (QED) is 0.437. The van der Waals surface area contributed by atoms with Crippen molar-refractivity contribution in [3.63, 3.8) is 0 Å². The molecule has 0 nitrogen and oxygen atoms in total. The topological polar surface area (TPSA) is 0 Å². The molecule has 36 valence electrons. The molecule has 0 aromatic carbocycles. The Balaban J connectivity index is -0.0000000200. The minimum absolute atomic E-state index is 0. The maximum atomic E-state index is 2.12. The molecule has 0 rings (SSSR count). The van der Waals surface area contributed by atoms with E-state index < -0.39 is 0 Å². The molecule has 0 bridgehead atoms. The molecule has 0 heterocycles. The van der Waals surface area contributed by atoms with Crippen LogP contribution in [-0.2, 0) is 0 Å². The fourth-order valence-corrected chi connectivity index (χ4v) is 0. The van der Waals surface area contributed by atoms with Crippen molar-refractivity contribution in [2.45, 2.75) is 27.7 Å². The molecule has 0 aliphatic carbocycles. The number of hydrogen-bond donors (Lipinski definition) is 0. The smallest absolute Gasteiger partial charge is 0 e. The van der Waals surface area contributed by atoms with Crippen LogP contribution >= 0.6 is 0 Å². The second-order valence-corrected chi connectivity index (χ2v) is 0.707. The van der Waals surface area contributed by atoms with Gasteiger partial charge in [0, 0.05) is 37.7 Å². The molecule has 0 N–H and O–H groups in total. The molecular formula is C4H12Ar. The molecule has 1 heteroatoms. The van der Waals surface area contributed by atoms with Crippen molar-refractivity contribution < 1.29 is 37.7 Å². The normalized spacial score (nSPS) is 3.60. The van der Waals surface area contributed by atoms with Gasteiger partial charge in [-0.1, -0.05) is 27.7 Å². The summed E-state index contributed by atoms with van der Waals surface area (Å²) >= 11 is 0. The molecule has 0 unspecified atom stereocenters. The second-order valence-electron chi connectivity index (χ2n) is 0.707. The van der Waals surface area contributed by atoms with E-state index in [0.29, 0.717) is 0 Å². The molecule has 0 aliphatic heterocycles. The van der Waals surface area contributed by atoms with Crippen LogP contribution < -0.4 is 0 Å². The number of hydrogen-bond acceptors (Lipinski definition) is 0. The van der Waals surface area contributed by atoms with Gasteiger partial charge in [-0.05, 0) is 0 Å². The third kappa shape index (κ3) is 35.2. The summed E-state index contributed by atoms with van der Waals surface area (Å²) in [5, 5.41) is 0. The monoisotopic (exact) mass is 100 g/mol. The van der Waals surface area contributed by atoms with Crippen LogP contribution in [0.5, 0.6) is 0 Å². The first-order valence-corrected chi connectivity index (χ1v) is 1.41. The third-order valence-electron chi connectivity index (χ3n) is 0. The van der Waals surface area contributed by atoms with Crippen molar-refractivity contribution in [3.05, 3.63) is 0 Å². The molecule has 0 fully saturated rings. The van der Waals surface area contributed by atoms with Gasteiger partial charge in [-0.2, -0.15) is 0 Å². The van der Waals surface area contributed by atoms with Crippen LogP contribution in [0, 0.1) is 37.7 Å². The van der Waals surface area contributed by atoms with E-state index in [4.69, 9.17) is 0 Å². The summed E-state index contributed by atoms with van der Waals surface area (Å²) in [6, 6.07) is 0. The maximum absolute atomic E-state index is 2.12. The zero-order valence-electron chi connectivity index (χ0n) is 3.06. The van der Waals surface area contributed by atoms with Crippen LogP contribution in [0.3, 0.4) is 0 Å². The van der Waals surface area contributed by atoms with Crippen LogP contribution in [0.15, 0.2) is 0 Å². The zero-order valence-corrected chi connectivity index (χ0v) is 3.77. The Morgan fingerprint density at radius 1 is 1.20 bits per heavy atom. The molecule has 5 heavy (non-hydrogen) atoms. The molecule has 0 saturated carbocycles. The van der Waals surface area contributed by atoms with Gasteiger partial charge in [-0.25, -0.2) is 0 Å². The molecule has 0 atom stereocenters. The standard InChI is InChI=1S/C3H8.CH4.Ar/c1-3-2;;/h3H2,1-2H3;1H4;. The Morgan fingerprint density at radius 3 is 1.20 bits per heavy atom. The van der Waals surface area contributed by atoms with Crippen LogP contribution in [0.25, 0.3) is 0 Å². The van der Waals surface area contributed by atoms with Crippen molar-refractivity contribution in [3.8, 4) is 0 Å². The third-order valence-corrected chi connectivity index (χ3v) is 0. The Kier molecular flexibility index (Phi) is 60.9. The van der Waals surface area contributed by atoms with E-state index in [-0.39, 0.29) is 45.2 Å². The van der Waals surface area contributed by atoms with Gasteiger partial charge in [0.2, 0.25) is 0 Å². The summed E-state index contributed by atoms with van der Waals surface area (Å²) in [6.45, 7) is 4.25. The maximum Gasteiger partial charge on any atom is 0 e. The first kappa shape index (κ1) is 16.3. The summed E-state index contributed by atoms with van der Waals surface area (Å²) in [5.74, 6) is 0. The van der Waals surface area contributed by atoms with Gasteiger partial charge < -0.3 is 0 Å². The van der Waals surface area contributed by atoms with E-state index in [2.05, 4.69) is 13.8 Å². The Labute approximate surface area is 65.0 Å². The average Bonchev–Trinajstić information content (AvgIpc) is 0.918. The van der Waals surface area contributed by atoms with Crippen molar-refractivity contribution in [1.82, 2.24) is 0 Å². The van der Waals surface area contributed by atoms with E-state index in [0.717, 1.165) is 0 Å². The molecule has 0 aliphatic rings. The molecule has 0 spiro atoms. The fraction of sp³-hybridized carbons (Fsp3) is 1.00. The summed E-state index contributed by atoms with van der Waals surface area (Å²) < 4.78 is 0. The molecule has 0 aromatic heterocycles. The first-order valence-electron chi connectivity index (χ1n) is 1.41. The summed E-state index contributed by atoms with van der Waals surface area (Å²) in [6.07, 6.45) is 1.25. The SMILES string of the molecule is C.CCC.[Ar]. The Hall–Kier alpha value is 1.26. The molecule has 0 amide bonds. The zero-order chi connectivity index (χ0) is 2.71. The van der Waals surface area contributed by atoms with Crippen molar-refractivity contribution in [2.24, 2.45) is 0 Å². The van der Waals surface area contributed by atoms with Gasteiger partial charge in [0.15, 0.2) is 0 Å². The first-order chi connectivity index (χ1) is 1.41. The molecular weight excluding hydrogens is 88.0 g/mol. The van der Waals surface area contributed by atoms with E-state index in [1.807, 2.05) is 0 Å². The minimum atomic E-state index is 0. The molecule has 0 aromatic rings. The second kappa shape index (κ2) is 18.7. The van der Waals surface area contributed by atoms with Crippen molar-refractivity contribution in [2.75, 3.05) is 0 Å². The van der Waals surface area contributed by atoms with Gasteiger partial charge >= 0.3 is 0 Å². The predicted octanol–water partition coefficient (Wildman–Crippen LogP) is 2.05. The van der Waals surface area contributed by atoms with Crippen molar-refractivity contribution in [1.29, 1.82) is 0 Å². The molecule has 0 saturated heterocycles. The fourth-order valence-electron chi connectivity index (χ4n) is 0. The van der Waals surface area contributed by atoms with E-state index in [9.17, 15) is 0 Å². The van der Waals surface area contributed by atoms with Gasteiger partial charge in [-0.15, -0.1) is 0 Å². The summed E-state index contributed by atoms with van der Waals surface area (Å²) in [7, 11) is 0. The van der Waals surface area contributed by atoms with Gasteiger partial charge in [0.1, 0.15) is 0 Å². The average molecular weight is 100 g/mol. The Morgan fingerprint density at radius 2 is 1.20 bits per heavy atom. The van der Waals surface area contributed by atoms with E-state index in [1.54, 1.807) is 0 Å². The van der Waals surface area contributed by atoms with Crippen LogP contribution in [0.2, 0.25) is 0 Å². The van der Waals surface area contributed by atoms with Crippen molar-refractivity contribution >= 4 is 0 Å². The largest absolute Gasteiger partial charge is 0.0776 e.